The van der Waals surface area contributed by atoms with Gasteiger partial charge in [-0.05, 0) is 50.1 Å². The fourth-order valence-corrected chi connectivity index (χ4v) is 11.1. The van der Waals surface area contributed by atoms with Crippen LogP contribution in [0.15, 0.2) is 273 Å². The second-order valence-corrected chi connectivity index (χ2v) is 17.8. The van der Waals surface area contributed by atoms with Gasteiger partial charge < -0.3 is 0 Å². The smallest absolute Gasteiger partial charge is 0.270 e. The molecule has 0 spiro atoms. The summed E-state index contributed by atoms with van der Waals surface area (Å²) in [6.45, 7) is 0. The fourth-order valence-electron chi connectivity index (χ4n) is 9.05. The molecule has 0 saturated heterocycles. The van der Waals surface area contributed by atoms with Crippen molar-refractivity contribution in [2.75, 3.05) is 0 Å². The minimum Gasteiger partial charge on any atom is -0.270 e. The second-order valence-electron chi connectivity index (χ2n) is 16.4. The number of benzene rings is 9. The van der Waals surface area contributed by atoms with Crippen molar-refractivity contribution in [1.29, 1.82) is 0 Å². The molecule has 4 nitrogen and oxygen atoms in total. The van der Waals surface area contributed by atoms with Crippen LogP contribution < -0.4 is 0 Å². The molecule has 0 aliphatic carbocycles. The van der Waals surface area contributed by atoms with Gasteiger partial charge in [0.15, 0.2) is 0 Å². The van der Waals surface area contributed by atoms with Crippen LogP contribution in [-0.4, -0.2) is 0 Å². The highest BCUT2D eigenvalue weighted by Crippen LogP contribution is 2.66. The number of phosphoric acid groups is 1. The van der Waals surface area contributed by atoms with Gasteiger partial charge in [-0.15, -0.1) is 0 Å². The van der Waals surface area contributed by atoms with Crippen LogP contribution in [0.2, 0.25) is 0 Å². The zero-order chi connectivity index (χ0) is 44.3. The number of rotatable bonds is 18. The zero-order valence-corrected chi connectivity index (χ0v) is 37.1. The van der Waals surface area contributed by atoms with Gasteiger partial charge in [0.1, 0.15) is 16.8 Å². The van der Waals surface area contributed by atoms with Crippen LogP contribution in [0.5, 0.6) is 0 Å². The molecule has 0 bridgehead atoms. The highest BCUT2D eigenvalue weighted by atomic mass is 31.2. The van der Waals surface area contributed by atoms with Gasteiger partial charge in [-0.1, -0.05) is 273 Å². The number of hydrogen-bond acceptors (Lipinski definition) is 4. The van der Waals surface area contributed by atoms with Crippen LogP contribution in [0.25, 0.3) is 0 Å². The largest absolute Gasteiger partial charge is 0.478 e. The van der Waals surface area contributed by atoms with Crippen LogP contribution in [0.3, 0.4) is 0 Å². The summed E-state index contributed by atoms with van der Waals surface area (Å²) in [5, 5.41) is 0. The molecule has 65 heavy (non-hydrogen) atoms. The molecule has 0 aromatic heterocycles. The monoisotopic (exact) mass is 866 g/mol. The molecule has 9 aromatic rings. The maximum absolute atomic E-state index is 17.8. The van der Waals surface area contributed by atoms with E-state index in [9.17, 15) is 0 Å². The number of hydrogen-bond donors (Lipinski definition) is 0. The normalized spacial score (nSPS) is 12.1. The molecule has 5 heteroatoms. The van der Waals surface area contributed by atoms with Crippen molar-refractivity contribution in [3.05, 3.63) is 323 Å². The van der Waals surface area contributed by atoms with E-state index in [0.717, 1.165) is 50.1 Å². The van der Waals surface area contributed by atoms with Crippen LogP contribution in [0.1, 0.15) is 50.1 Å². The lowest BCUT2D eigenvalue weighted by Gasteiger charge is -2.45. The van der Waals surface area contributed by atoms with Crippen molar-refractivity contribution in [1.82, 2.24) is 0 Å². The van der Waals surface area contributed by atoms with Crippen molar-refractivity contribution in [2.24, 2.45) is 0 Å². The maximum atomic E-state index is 17.8. The third-order valence-electron chi connectivity index (χ3n) is 12.1. The van der Waals surface area contributed by atoms with Gasteiger partial charge in [0.25, 0.3) is 0 Å². The van der Waals surface area contributed by atoms with Gasteiger partial charge in [0.2, 0.25) is 0 Å². The van der Waals surface area contributed by atoms with E-state index in [1.807, 2.05) is 237 Å². The van der Waals surface area contributed by atoms with Gasteiger partial charge in [-0.25, -0.2) is 4.57 Å². The molecule has 9 aromatic carbocycles. The molecular formula is C60H51O4P. The highest BCUT2D eigenvalue weighted by molar-refractivity contribution is 7.48. The van der Waals surface area contributed by atoms with Gasteiger partial charge >= 0.3 is 7.82 Å². The highest BCUT2D eigenvalue weighted by Gasteiger charge is 2.54. The van der Waals surface area contributed by atoms with E-state index in [0.29, 0.717) is 19.3 Å². The van der Waals surface area contributed by atoms with Crippen LogP contribution in [0.4, 0.5) is 0 Å². The van der Waals surface area contributed by atoms with Gasteiger partial charge in [0.05, 0.1) is 0 Å². The Morgan fingerprint density at radius 2 is 0.400 bits per heavy atom. The molecule has 0 amide bonds. The molecule has 0 aliphatic rings. The summed E-state index contributed by atoms with van der Waals surface area (Å²) in [7, 11) is -4.99. The first-order valence-corrected chi connectivity index (χ1v) is 23.6. The molecule has 0 N–H and O–H groups in total. The molecule has 0 aliphatic heterocycles. The Bertz CT molecular complexity index is 2430. The van der Waals surface area contributed by atoms with Crippen molar-refractivity contribution in [3.63, 3.8) is 0 Å². The van der Waals surface area contributed by atoms with Crippen LogP contribution in [-0.2, 0) is 54.2 Å². The molecule has 320 valence electrons. The summed E-state index contributed by atoms with van der Waals surface area (Å²) < 4.78 is 41.2. The summed E-state index contributed by atoms with van der Waals surface area (Å²) in [6.07, 6.45) is 0.926. The SMILES string of the molecule is O=P(OC(Cc1ccccc1)(c1ccccc1)c1ccccc1)(OC(Cc1ccccc1)(c1ccccc1)c1ccccc1)OC(Cc1ccccc1)(c1ccccc1)c1ccccc1. The summed E-state index contributed by atoms with van der Waals surface area (Å²) in [6, 6.07) is 91.0. The summed E-state index contributed by atoms with van der Waals surface area (Å²) in [5.41, 5.74) is 3.50. The van der Waals surface area contributed by atoms with E-state index in [1.54, 1.807) is 0 Å². The minimum atomic E-state index is -4.99. The molecule has 0 saturated carbocycles. The van der Waals surface area contributed by atoms with E-state index < -0.39 is 24.6 Å². The zero-order valence-electron chi connectivity index (χ0n) is 36.2. The first-order chi connectivity index (χ1) is 32.0. The topological polar surface area (TPSA) is 44.8 Å². The summed E-state index contributed by atoms with van der Waals surface area (Å²) in [5.74, 6) is 0. The first-order valence-electron chi connectivity index (χ1n) is 22.2. The lowest BCUT2D eigenvalue weighted by Crippen LogP contribution is -2.40. The van der Waals surface area contributed by atoms with Crippen molar-refractivity contribution < 1.29 is 18.1 Å². The minimum absolute atomic E-state index is 0.309. The van der Waals surface area contributed by atoms with Crippen LogP contribution in [0, 0.1) is 0 Å². The third kappa shape index (κ3) is 9.64. The summed E-state index contributed by atoms with van der Waals surface area (Å²) >= 11 is 0. The lowest BCUT2D eigenvalue weighted by molar-refractivity contribution is -0.0433. The predicted octanol–water partition coefficient (Wildman–Crippen LogP) is 14.7. The molecule has 9 rings (SSSR count). The van der Waals surface area contributed by atoms with Crippen molar-refractivity contribution in [2.45, 2.75) is 36.1 Å². The fraction of sp³-hybridized carbons (Fsp3) is 0.100. The quantitative estimate of drug-likeness (QED) is 0.0806. The van der Waals surface area contributed by atoms with Crippen LogP contribution >= 0.6 is 7.82 Å². The third-order valence-corrected chi connectivity index (χ3v) is 13.7. The molecule has 0 heterocycles. The molecule has 0 atom stereocenters. The Morgan fingerprint density at radius 3 is 0.569 bits per heavy atom. The standard InChI is InChI=1S/C60H51O4P/c61-65(62-58(52-34-16-4-17-35-52,53-36-18-5-19-37-53)46-49-28-10-1-11-29-49,63-59(54-38-20-6-21-39-54,55-40-22-7-23-41-55)47-50-30-12-2-13-31-50)64-60(56-42-24-8-25-43-56,57-44-26-9-27-45-57)48-51-32-14-3-15-33-51/h1-45H,46-48H2. The molecule has 0 unspecified atom stereocenters. The lowest BCUT2D eigenvalue weighted by atomic mass is 9.81. The van der Waals surface area contributed by atoms with Gasteiger partial charge in [-0.2, -0.15) is 0 Å². The second kappa shape index (κ2) is 19.9. The van der Waals surface area contributed by atoms with Crippen molar-refractivity contribution in [3.8, 4) is 0 Å². The van der Waals surface area contributed by atoms with E-state index in [4.69, 9.17) is 13.6 Å². The van der Waals surface area contributed by atoms with Crippen molar-refractivity contribution >= 4 is 7.82 Å². The van der Waals surface area contributed by atoms with E-state index >= 15 is 4.57 Å². The van der Waals surface area contributed by atoms with E-state index in [-0.39, 0.29) is 0 Å². The molecular weight excluding hydrogens is 816 g/mol. The average molecular weight is 867 g/mol. The number of phosphoric ester groups is 1. The Balaban J connectivity index is 1.37. The average Bonchev–Trinajstić information content (AvgIpc) is 3.38. The van der Waals surface area contributed by atoms with Gasteiger partial charge in [0, 0.05) is 19.3 Å². The van der Waals surface area contributed by atoms with Gasteiger partial charge in [-0.3, -0.25) is 13.6 Å². The Labute approximate surface area is 383 Å². The van der Waals surface area contributed by atoms with E-state index in [2.05, 4.69) is 36.4 Å². The predicted molar refractivity (Wildman–Crippen MR) is 262 cm³/mol. The Hall–Kier alpha value is -6.91. The molecule has 0 radical (unpaired) electrons. The summed E-state index contributed by atoms with van der Waals surface area (Å²) in [4.78, 5) is 0. The Kier molecular flexibility index (Phi) is 13.2. The maximum Gasteiger partial charge on any atom is 0.478 e. The Morgan fingerprint density at radius 1 is 0.246 bits per heavy atom. The molecule has 0 fully saturated rings. The van der Waals surface area contributed by atoms with E-state index in [1.165, 1.54) is 0 Å². The first kappa shape index (κ1) is 43.3.